The molecular weight excluding hydrogens is 242 g/mol. The Morgan fingerprint density at radius 3 is 2.53 bits per heavy atom. The van der Waals surface area contributed by atoms with E-state index in [0.29, 0.717) is 19.1 Å². The molecule has 4 heteroatoms. The molecule has 1 saturated carbocycles. The van der Waals surface area contributed by atoms with E-state index in [-0.39, 0.29) is 6.61 Å². The lowest BCUT2D eigenvalue weighted by atomic mass is 9.90. The zero-order chi connectivity index (χ0) is 13.7. The van der Waals surface area contributed by atoms with Gasteiger partial charge in [-0.3, -0.25) is 0 Å². The van der Waals surface area contributed by atoms with Crippen molar-refractivity contribution in [2.75, 3.05) is 20.3 Å². The maximum absolute atomic E-state index is 10.7. The summed E-state index contributed by atoms with van der Waals surface area (Å²) in [5, 5.41) is 10.7. The lowest BCUT2D eigenvalue weighted by Gasteiger charge is -2.28. The zero-order valence-electron chi connectivity index (χ0n) is 11.5. The van der Waals surface area contributed by atoms with E-state index < -0.39 is 5.60 Å². The Kier molecular flexibility index (Phi) is 4.80. The molecule has 1 aromatic rings. The van der Waals surface area contributed by atoms with E-state index in [4.69, 9.17) is 15.2 Å². The van der Waals surface area contributed by atoms with Crippen molar-refractivity contribution in [3.8, 4) is 5.75 Å². The standard InChI is InChI=1S/C15H23NO3/c1-18-11-15(17,9-2-10-16)12-3-5-13(6-4-12)19-14-7-8-14/h3-6,14,17H,2,7-11,16H2,1H3. The van der Waals surface area contributed by atoms with Crippen molar-refractivity contribution >= 4 is 0 Å². The molecule has 0 saturated heterocycles. The molecule has 19 heavy (non-hydrogen) atoms. The third-order valence-electron chi connectivity index (χ3n) is 3.40. The highest BCUT2D eigenvalue weighted by Gasteiger charge is 2.29. The van der Waals surface area contributed by atoms with E-state index in [1.54, 1.807) is 7.11 Å². The first kappa shape index (κ1) is 14.3. The van der Waals surface area contributed by atoms with Gasteiger partial charge >= 0.3 is 0 Å². The number of hydrogen-bond donors (Lipinski definition) is 2. The number of hydrogen-bond acceptors (Lipinski definition) is 4. The van der Waals surface area contributed by atoms with Gasteiger partial charge in [0.15, 0.2) is 0 Å². The molecule has 1 atom stereocenters. The van der Waals surface area contributed by atoms with Gasteiger partial charge in [0.1, 0.15) is 11.4 Å². The number of rotatable bonds is 8. The summed E-state index contributed by atoms with van der Waals surface area (Å²) in [5.41, 5.74) is 5.41. The molecule has 1 aromatic carbocycles. The van der Waals surface area contributed by atoms with Gasteiger partial charge in [-0.25, -0.2) is 0 Å². The molecule has 0 amide bonds. The fraction of sp³-hybridized carbons (Fsp3) is 0.600. The lowest BCUT2D eigenvalue weighted by molar-refractivity contribution is -0.0430. The molecule has 0 spiro atoms. The highest BCUT2D eigenvalue weighted by molar-refractivity contribution is 5.31. The Hall–Kier alpha value is -1.10. The summed E-state index contributed by atoms with van der Waals surface area (Å²) >= 11 is 0. The number of methoxy groups -OCH3 is 1. The number of aliphatic hydroxyl groups is 1. The van der Waals surface area contributed by atoms with E-state index in [2.05, 4.69) is 0 Å². The smallest absolute Gasteiger partial charge is 0.119 e. The van der Waals surface area contributed by atoms with Crippen molar-refractivity contribution < 1.29 is 14.6 Å². The van der Waals surface area contributed by atoms with Gasteiger partial charge in [0.2, 0.25) is 0 Å². The van der Waals surface area contributed by atoms with Crippen LogP contribution in [0, 0.1) is 0 Å². The molecule has 0 aliphatic heterocycles. The molecule has 1 fully saturated rings. The van der Waals surface area contributed by atoms with Crippen LogP contribution in [0.25, 0.3) is 0 Å². The van der Waals surface area contributed by atoms with Crippen molar-refractivity contribution in [2.45, 2.75) is 37.4 Å². The Balaban J connectivity index is 2.06. The highest BCUT2D eigenvalue weighted by Crippen LogP contribution is 2.31. The van der Waals surface area contributed by atoms with Crippen molar-refractivity contribution in [2.24, 2.45) is 5.73 Å². The number of benzene rings is 1. The van der Waals surface area contributed by atoms with Gasteiger partial charge in [0, 0.05) is 7.11 Å². The van der Waals surface area contributed by atoms with E-state index in [1.165, 1.54) is 0 Å². The van der Waals surface area contributed by atoms with Gasteiger partial charge in [-0.2, -0.15) is 0 Å². The monoisotopic (exact) mass is 265 g/mol. The van der Waals surface area contributed by atoms with Crippen LogP contribution in [0.15, 0.2) is 24.3 Å². The van der Waals surface area contributed by atoms with Crippen LogP contribution >= 0.6 is 0 Å². The van der Waals surface area contributed by atoms with Crippen LogP contribution in [0.5, 0.6) is 5.75 Å². The molecule has 1 unspecified atom stereocenters. The van der Waals surface area contributed by atoms with Crippen molar-refractivity contribution in [1.29, 1.82) is 0 Å². The largest absolute Gasteiger partial charge is 0.490 e. The molecule has 0 heterocycles. The number of ether oxygens (including phenoxy) is 2. The maximum Gasteiger partial charge on any atom is 0.119 e. The van der Waals surface area contributed by atoms with Crippen LogP contribution in [-0.4, -0.2) is 31.5 Å². The molecule has 1 aliphatic carbocycles. The van der Waals surface area contributed by atoms with E-state index in [0.717, 1.165) is 30.6 Å². The predicted octanol–water partition coefficient (Wildman–Crippen LogP) is 1.80. The van der Waals surface area contributed by atoms with Gasteiger partial charge < -0.3 is 20.3 Å². The molecule has 1 aliphatic rings. The summed E-state index contributed by atoms with van der Waals surface area (Å²) in [4.78, 5) is 0. The summed E-state index contributed by atoms with van der Waals surface area (Å²) < 4.78 is 10.8. The maximum atomic E-state index is 10.7. The quantitative estimate of drug-likeness (QED) is 0.752. The molecule has 106 valence electrons. The first-order valence-corrected chi connectivity index (χ1v) is 6.86. The van der Waals surface area contributed by atoms with Crippen LogP contribution in [0.3, 0.4) is 0 Å². The van der Waals surface area contributed by atoms with Crippen molar-refractivity contribution in [1.82, 2.24) is 0 Å². The second-order valence-electron chi connectivity index (χ2n) is 5.20. The fourth-order valence-electron chi connectivity index (χ4n) is 2.16. The van der Waals surface area contributed by atoms with Crippen LogP contribution in [0.1, 0.15) is 31.2 Å². The van der Waals surface area contributed by atoms with Crippen LogP contribution in [0.2, 0.25) is 0 Å². The van der Waals surface area contributed by atoms with Crippen LogP contribution in [0.4, 0.5) is 0 Å². The van der Waals surface area contributed by atoms with Gasteiger partial charge in [0.05, 0.1) is 12.7 Å². The average molecular weight is 265 g/mol. The Morgan fingerprint density at radius 2 is 2.00 bits per heavy atom. The second kappa shape index (κ2) is 6.37. The van der Waals surface area contributed by atoms with Gasteiger partial charge in [-0.05, 0) is 49.9 Å². The fourth-order valence-corrected chi connectivity index (χ4v) is 2.16. The normalized spacial score (nSPS) is 18.1. The predicted molar refractivity (Wildman–Crippen MR) is 74.2 cm³/mol. The third-order valence-corrected chi connectivity index (χ3v) is 3.40. The topological polar surface area (TPSA) is 64.7 Å². The summed E-state index contributed by atoms with van der Waals surface area (Å²) in [6.45, 7) is 0.838. The van der Waals surface area contributed by atoms with E-state index in [1.807, 2.05) is 24.3 Å². The van der Waals surface area contributed by atoms with E-state index >= 15 is 0 Å². The Labute approximate surface area is 114 Å². The second-order valence-corrected chi connectivity index (χ2v) is 5.20. The number of nitrogens with two attached hydrogens (primary N) is 1. The molecule has 0 bridgehead atoms. The summed E-state index contributed by atoms with van der Waals surface area (Å²) in [6, 6.07) is 7.65. The van der Waals surface area contributed by atoms with Gasteiger partial charge in [-0.15, -0.1) is 0 Å². The van der Waals surface area contributed by atoms with Gasteiger partial charge in [-0.1, -0.05) is 12.1 Å². The SMILES string of the molecule is COCC(O)(CCCN)c1ccc(OC2CC2)cc1. The van der Waals surface area contributed by atoms with Gasteiger partial charge in [0.25, 0.3) is 0 Å². The molecule has 0 radical (unpaired) electrons. The van der Waals surface area contributed by atoms with E-state index in [9.17, 15) is 5.11 Å². The Morgan fingerprint density at radius 1 is 1.32 bits per heavy atom. The molecule has 3 N–H and O–H groups in total. The lowest BCUT2D eigenvalue weighted by Crippen LogP contribution is -2.32. The third kappa shape index (κ3) is 3.93. The average Bonchev–Trinajstić information content (AvgIpc) is 3.21. The summed E-state index contributed by atoms with van der Waals surface area (Å²) in [5.74, 6) is 0.866. The first-order valence-electron chi connectivity index (χ1n) is 6.86. The summed E-state index contributed by atoms with van der Waals surface area (Å²) in [7, 11) is 1.60. The molecule has 0 aromatic heterocycles. The summed E-state index contributed by atoms with van der Waals surface area (Å²) in [6.07, 6.45) is 4.04. The molecular formula is C15H23NO3. The van der Waals surface area contributed by atoms with Crippen LogP contribution < -0.4 is 10.5 Å². The molecule has 2 rings (SSSR count). The minimum absolute atomic E-state index is 0.274. The minimum atomic E-state index is -0.966. The zero-order valence-corrected chi connectivity index (χ0v) is 11.5. The highest BCUT2D eigenvalue weighted by atomic mass is 16.5. The Bertz CT molecular complexity index is 389. The van der Waals surface area contributed by atoms with Crippen LogP contribution in [-0.2, 0) is 10.3 Å². The first-order chi connectivity index (χ1) is 9.18. The van der Waals surface area contributed by atoms with Crippen molar-refractivity contribution in [3.63, 3.8) is 0 Å². The minimum Gasteiger partial charge on any atom is -0.490 e. The molecule has 4 nitrogen and oxygen atoms in total. The van der Waals surface area contributed by atoms with Crippen molar-refractivity contribution in [3.05, 3.63) is 29.8 Å².